The number of piperidine rings is 1. The van der Waals surface area contributed by atoms with Crippen LogP contribution in [0.4, 0.5) is 0 Å². The Morgan fingerprint density at radius 3 is 3.06 bits per heavy atom. The highest BCUT2D eigenvalue weighted by atomic mass is 15.3. The fraction of sp³-hybridized carbons (Fsp3) is 0.615. The van der Waals surface area contributed by atoms with E-state index in [0.29, 0.717) is 6.04 Å². The summed E-state index contributed by atoms with van der Waals surface area (Å²) in [4.78, 5) is 2.55. The summed E-state index contributed by atoms with van der Waals surface area (Å²) in [5.41, 5.74) is 1.26. The molecule has 2 rings (SSSR count). The van der Waals surface area contributed by atoms with Crippen molar-refractivity contribution < 1.29 is 0 Å². The minimum atomic E-state index is 0.630. The zero-order chi connectivity index (χ0) is 11.4. The Hall–Kier alpha value is -1.09. The van der Waals surface area contributed by atoms with Gasteiger partial charge in [0.2, 0.25) is 0 Å². The SMILES string of the molecule is C=C(C)CN1CCCC[C@H]1Cn1cccn1. The average molecular weight is 219 g/mol. The van der Waals surface area contributed by atoms with E-state index in [9.17, 15) is 0 Å². The molecule has 0 saturated carbocycles. The fourth-order valence-electron chi connectivity index (χ4n) is 2.45. The van der Waals surface area contributed by atoms with E-state index in [1.165, 1.54) is 31.4 Å². The summed E-state index contributed by atoms with van der Waals surface area (Å²) in [6.07, 6.45) is 7.86. The molecule has 1 atom stereocenters. The molecule has 1 aromatic heterocycles. The molecule has 3 heteroatoms. The summed E-state index contributed by atoms with van der Waals surface area (Å²) in [7, 11) is 0. The first-order chi connectivity index (χ1) is 7.75. The van der Waals surface area contributed by atoms with Crippen LogP contribution in [0.15, 0.2) is 30.6 Å². The van der Waals surface area contributed by atoms with Crippen molar-refractivity contribution in [3.05, 3.63) is 30.6 Å². The molecule has 0 aliphatic carbocycles. The van der Waals surface area contributed by atoms with Gasteiger partial charge in [0.15, 0.2) is 0 Å². The maximum atomic E-state index is 4.29. The first-order valence-electron chi connectivity index (χ1n) is 6.11. The molecule has 16 heavy (non-hydrogen) atoms. The number of rotatable bonds is 4. The molecule has 1 fully saturated rings. The van der Waals surface area contributed by atoms with E-state index >= 15 is 0 Å². The van der Waals surface area contributed by atoms with Crippen molar-refractivity contribution in [2.75, 3.05) is 13.1 Å². The van der Waals surface area contributed by atoms with Crippen molar-refractivity contribution in [3.63, 3.8) is 0 Å². The van der Waals surface area contributed by atoms with Crippen LogP contribution in [0.2, 0.25) is 0 Å². The summed E-state index contributed by atoms with van der Waals surface area (Å²) in [5, 5.41) is 4.29. The van der Waals surface area contributed by atoms with E-state index in [-0.39, 0.29) is 0 Å². The molecular formula is C13H21N3. The van der Waals surface area contributed by atoms with Gasteiger partial charge >= 0.3 is 0 Å². The third-order valence-corrected chi connectivity index (χ3v) is 3.18. The molecule has 1 saturated heterocycles. The van der Waals surface area contributed by atoms with Gasteiger partial charge in [0, 0.05) is 25.0 Å². The van der Waals surface area contributed by atoms with Crippen molar-refractivity contribution >= 4 is 0 Å². The van der Waals surface area contributed by atoms with Crippen molar-refractivity contribution in [2.24, 2.45) is 0 Å². The van der Waals surface area contributed by atoms with Crippen LogP contribution in [-0.2, 0) is 6.54 Å². The summed E-state index contributed by atoms with van der Waals surface area (Å²) in [6.45, 7) is 9.38. The summed E-state index contributed by atoms with van der Waals surface area (Å²) >= 11 is 0. The highest BCUT2D eigenvalue weighted by Crippen LogP contribution is 2.19. The molecule has 0 amide bonds. The lowest BCUT2D eigenvalue weighted by Crippen LogP contribution is -2.42. The quantitative estimate of drug-likeness (QED) is 0.725. The van der Waals surface area contributed by atoms with Gasteiger partial charge in [-0.1, -0.05) is 18.6 Å². The Morgan fingerprint density at radius 1 is 1.50 bits per heavy atom. The number of hydrogen-bond donors (Lipinski definition) is 0. The number of nitrogens with zero attached hydrogens (tertiary/aromatic N) is 3. The van der Waals surface area contributed by atoms with Gasteiger partial charge in [0.05, 0.1) is 6.54 Å². The van der Waals surface area contributed by atoms with Gasteiger partial charge in [0.1, 0.15) is 0 Å². The molecule has 0 unspecified atom stereocenters. The molecular weight excluding hydrogens is 198 g/mol. The molecule has 2 heterocycles. The van der Waals surface area contributed by atoms with E-state index in [4.69, 9.17) is 0 Å². The summed E-state index contributed by atoms with van der Waals surface area (Å²) in [6, 6.07) is 2.62. The Morgan fingerprint density at radius 2 is 2.38 bits per heavy atom. The third-order valence-electron chi connectivity index (χ3n) is 3.18. The topological polar surface area (TPSA) is 21.1 Å². The standard InChI is InChI=1S/C13H21N3/c1-12(2)10-15-8-4-3-6-13(15)11-16-9-5-7-14-16/h5,7,9,13H,1,3-4,6,8,10-11H2,2H3/t13-/m0/s1. The lowest BCUT2D eigenvalue weighted by Gasteiger charge is -2.35. The van der Waals surface area contributed by atoms with E-state index in [1.54, 1.807) is 0 Å². The first kappa shape index (κ1) is 11.4. The summed E-state index contributed by atoms with van der Waals surface area (Å²) < 4.78 is 2.04. The van der Waals surface area contributed by atoms with Crippen molar-refractivity contribution in [3.8, 4) is 0 Å². The van der Waals surface area contributed by atoms with Gasteiger partial charge in [-0.25, -0.2) is 0 Å². The molecule has 0 radical (unpaired) electrons. The Labute approximate surface area is 97.8 Å². The predicted molar refractivity (Wildman–Crippen MR) is 66.3 cm³/mol. The zero-order valence-corrected chi connectivity index (χ0v) is 10.1. The Balaban J connectivity index is 1.96. The monoisotopic (exact) mass is 219 g/mol. The first-order valence-corrected chi connectivity index (χ1v) is 6.11. The van der Waals surface area contributed by atoms with Gasteiger partial charge in [-0.3, -0.25) is 9.58 Å². The van der Waals surface area contributed by atoms with Crippen LogP contribution < -0.4 is 0 Å². The van der Waals surface area contributed by atoms with E-state index in [1.807, 2.05) is 23.1 Å². The van der Waals surface area contributed by atoms with Crippen molar-refractivity contribution in [1.82, 2.24) is 14.7 Å². The molecule has 0 spiro atoms. The molecule has 1 aliphatic rings. The van der Waals surface area contributed by atoms with Gasteiger partial charge in [-0.15, -0.1) is 0 Å². The maximum absolute atomic E-state index is 4.29. The van der Waals surface area contributed by atoms with Crippen LogP contribution in [0.25, 0.3) is 0 Å². The molecule has 0 N–H and O–H groups in total. The minimum Gasteiger partial charge on any atom is -0.295 e. The van der Waals surface area contributed by atoms with Gasteiger partial charge in [-0.2, -0.15) is 5.10 Å². The molecule has 88 valence electrons. The number of aromatic nitrogens is 2. The van der Waals surface area contributed by atoms with Crippen LogP contribution in [-0.4, -0.2) is 33.8 Å². The fourth-order valence-corrected chi connectivity index (χ4v) is 2.45. The largest absolute Gasteiger partial charge is 0.295 e. The molecule has 1 aliphatic heterocycles. The molecule has 1 aromatic rings. The van der Waals surface area contributed by atoms with Gasteiger partial charge < -0.3 is 0 Å². The number of hydrogen-bond acceptors (Lipinski definition) is 2. The highest BCUT2D eigenvalue weighted by molar-refractivity contribution is 4.94. The predicted octanol–water partition coefficient (Wildman–Crippen LogP) is 2.31. The second kappa shape index (κ2) is 5.30. The summed E-state index contributed by atoms with van der Waals surface area (Å²) in [5.74, 6) is 0. The molecule has 0 aromatic carbocycles. The lowest BCUT2D eigenvalue weighted by atomic mass is 10.0. The highest BCUT2D eigenvalue weighted by Gasteiger charge is 2.22. The van der Waals surface area contributed by atoms with Gasteiger partial charge in [-0.05, 0) is 32.4 Å². The lowest BCUT2D eigenvalue weighted by molar-refractivity contribution is 0.141. The smallest absolute Gasteiger partial charge is 0.0565 e. The normalized spacial score (nSPS) is 22.2. The van der Waals surface area contributed by atoms with Crippen molar-refractivity contribution in [1.29, 1.82) is 0 Å². The van der Waals surface area contributed by atoms with Crippen molar-refractivity contribution in [2.45, 2.75) is 38.8 Å². The van der Waals surface area contributed by atoms with Crippen LogP contribution >= 0.6 is 0 Å². The second-order valence-electron chi connectivity index (χ2n) is 4.81. The zero-order valence-electron chi connectivity index (χ0n) is 10.1. The molecule has 0 bridgehead atoms. The molecule has 3 nitrogen and oxygen atoms in total. The minimum absolute atomic E-state index is 0.630. The second-order valence-corrected chi connectivity index (χ2v) is 4.81. The van der Waals surface area contributed by atoms with Gasteiger partial charge in [0.25, 0.3) is 0 Å². The average Bonchev–Trinajstić information content (AvgIpc) is 2.73. The van der Waals surface area contributed by atoms with Crippen LogP contribution in [0.1, 0.15) is 26.2 Å². The Kier molecular flexibility index (Phi) is 3.78. The van der Waals surface area contributed by atoms with Crippen LogP contribution in [0.5, 0.6) is 0 Å². The van der Waals surface area contributed by atoms with Crippen LogP contribution in [0, 0.1) is 0 Å². The number of likely N-dealkylation sites (tertiary alicyclic amines) is 1. The van der Waals surface area contributed by atoms with E-state index in [2.05, 4.69) is 23.5 Å². The Bertz CT molecular complexity index is 329. The van der Waals surface area contributed by atoms with E-state index in [0.717, 1.165) is 13.1 Å². The maximum Gasteiger partial charge on any atom is 0.0565 e. The third kappa shape index (κ3) is 2.95. The van der Waals surface area contributed by atoms with E-state index < -0.39 is 0 Å². The van der Waals surface area contributed by atoms with Crippen LogP contribution in [0.3, 0.4) is 0 Å².